The largest absolute Gasteiger partial charge is 0.475 e. The summed E-state index contributed by atoms with van der Waals surface area (Å²) in [5.41, 5.74) is -0.301. The van der Waals surface area contributed by atoms with E-state index in [1.807, 2.05) is 25.7 Å². The van der Waals surface area contributed by atoms with Gasteiger partial charge in [0.2, 0.25) is 5.88 Å². The Morgan fingerprint density at radius 3 is 2.90 bits per heavy atom. The lowest BCUT2D eigenvalue weighted by molar-refractivity contribution is 0.00538. The molecule has 0 radical (unpaired) electrons. The van der Waals surface area contributed by atoms with Crippen LogP contribution in [0.5, 0.6) is 11.9 Å². The normalized spacial score (nSPS) is 31.6. The minimum absolute atomic E-state index is 0.0109. The summed E-state index contributed by atoms with van der Waals surface area (Å²) >= 11 is 6.37. The molecule has 0 unspecified atom stereocenters. The fourth-order valence-electron chi connectivity index (χ4n) is 7.32. The van der Waals surface area contributed by atoms with Crippen molar-refractivity contribution in [3.63, 3.8) is 0 Å². The van der Waals surface area contributed by atoms with Crippen molar-refractivity contribution < 1.29 is 23.4 Å². The van der Waals surface area contributed by atoms with Gasteiger partial charge in [0.25, 0.3) is 0 Å². The second kappa shape index (κ2) is 8.92. The number of carbonyl (C=O) groups excluding carboxylic acids is 1. The molecule has 10 nitrogen and oxygen atoms in total. The number of ether oxygens (including phenoxy) is 3. The average Bonchev–Trinajstić information content (AvgIpc) is 3.45. The molecule has 210 valence electrons. The molecule has 5 atom stereocenters. The van der Waals surface area contributed by atoms with Crippen molar-refractivity contribution in [1.82, 2.24) is 24.8 Å². The summed E-state index contributed by atoms with van der Waals surface area (Å²) in [5.74, 6) is 1.05. The minimum Gasteiger partial charge on any atom is -0.475 e. The van der Waals surface area contributed by atoms with Gasteiger partial charge in [0.05, 0.1) is 29.2 Å². The van der Waals surface area contributed by atoms with Crippen molar-refractivity contribution in [2.45, 2.75) is 88.3 Å². The fourth-order valence-corrected chi connectivity index (χ4v) is 7.50. The van der Waals surface area contributed by atoms with Crippen LogP contribution in [0.25, 0.3) is 10.9 Å². The number of alkyl halides is 1. The van der Waals surface area contributed by atoms with Gasteiger partial charge >= 0.3 is 12.1 Å². The van der Waals surface area contributed by atoms with E-state index in [0.29, 0.717) is 55.3 Å². The molecule has 0 saturated carbocycles. The summed E-state index contributed by atoms with van der Waals surface area (Å²) in [7, 11) is 0. The highest BCUT2D eigenvalue weighted by atomic mass is 35.5. The fraction of sp³-hybridized carbons (Fsp3) is 0.704. The summed E-state index contributed by atoms with van der Waals surface area (Å²) in [4.78, 5) is 33.6. The van der Waals surface area contributed by atoms with Crippen molar-refractivity contribution in [3.8, 4) is 11.9 Å². The van der Waals surface area contributed by atoms with E-state index in [1.54, 1.807) is 6.07 Å². The van der Waals surface area contributed by atoms with Crippen molar-refractivity contribution >= 4 is 34.4 Å². The molecule has 4 saturated heterocycles. The Morgan fingerprint density at radius 1 is 1.23 bits per heavy atom. The quantitative estimate of drug-likeness (QED) is 0.517. The number of nitrogens with zero attached hydrogens (tertiary/aromatic N) is 6. The maximum absolute atomic E-state index is 14.3. The molecule has 0 aliphatic carbocycles. The Kier molecular flexibility index (Phi) is 5.79. The molecule has 0 spiro atoms. The Labute approximate surface area is 231 Å². The van der Waals surface area contributed by atoms with Gasteiger partial charge in [-0.15, -0.1) is 0 Å². The minimum atomic E-state index is -0.835. The van der Waals surface area contributed by atoms with E-state index < -0.39 is 11.8 Å². The summed E-state index contributed by atoms with van der Waals surface area (Å²) in [6.07, 6.45) is 3.01. The molecule has 2 aromatic heterocycles. The number of halogens is 2. The zero-order chi connectivity index (χ0) is 27.1. The molecule has 5 aliphatic heterocycles. The number of fused-ring (bicyclic) bond motifs is 6. The van der Waals surface area contributed by atoms with Crippen LogP contribution in [0.15, 0.2) is 6.07 Å². The molecule has 2 aromatic rings. The zero-order valence-corrected chi connectivity index (χ0v) is 23.3. The van der Waals surface area contributed by atoms with Crippen molar-refractivity contribution in [1.29, 1.82) is 0 Å². The summed E-state index contributed by atoms with van der Waals surface area (Å²) in [6, 6.07) is 1.67. The first-order valence-corrected chi connectivity index (χ1v) is 14.3. The van der Waals surface area contributed by atoms with Crippen LogP contribution in [-0.4, -0.2) is 99.1 Å². The smallest absolute Gasteiger partial charge is 0.410 e. The first-order valence-electron chi connectivity index (χ1n) is 13.9. The second-order valence-corrected chi connectivity index (χ2v) is 12.9. The van der Waals surface area contributed by atoms with E-state index in [9.17, 15) is 9.18 Å². The number of aromatic nitrogens is 3. The molecule has 7 heterocycles. The molecule has 0 N–H and O–H groups in total. The van der Waals surface area contributed by atoms with Gasteiger partial charge in [-0.2, -0.15) is 9.97 Å². The summed E-state index contributed by atoms with van der Waals surface area (Å²) < 4.78 is 32.6. The van der Waals surface area contributed by atoms with Crippen LogP contribution >= 0.6 is 11.6 Å². The predicted octanol–water partition coefficient (Wildman–Crippen LogP) is 3.98. The molecule has 5 aliphatic rings. The van der Waals surface area contributed by atoms with Crippen LogP contribution in [-0.2, 0) is 4.74 Å². The number of carbonyl (C=O) groups is 1. The highest BCUT2D eigenvalue weighted by Gasteiger charge is 2.52. The van der Waals surface area contributed by atoms with Crippen LogP contribution in [0.1, 0.15) is 52.9 Å². The third-order valence-corrected chi connectivity index (χ3v) is 9.07. The Balaban J connectivity index is 1.23. The van der Waals surface area contributed by atoms with Crippen molar-refractivity contribution in [3.05, 3.63) is 11.2 Å². The number of hydrogen-bond acceptors (Lipinski definition) is 9. The van der Waals surface area contributed by atoms with Gasteiger partial charge in [-0.05, 0) is 53.0 Å². The number of amides is 1. The number of hydrogen-bond donors (Lipinski definition) is 0. The first kappa shape index (κ1) is 25.3. The molecule has 12 heteroatoms. The highest BCUT2D eigenvalue weighted by molar-refractivity contribution is 6.30. The van der Waals surface area contributed by atoms with Crippen molar-refractivity contribution in [2.75, 3.05) is 37.7 Å². The van der Waals surface area contributed by atoms with E-state index in [2.05, 4.69) is 19.8 Å². The summed E-state index contributed by atoms with van der Waals surface area (Å²) in [5, 5.41) is 0.950. The third-order valence-electron chi connectivity index (χ3n) is 8.87. The van der Waals surface area contributed by atoms with Gasteiger partial charge < -0.3 is 19.1 Å². The van der Waals surface area contributed by atoms with E-state index in [1.165, 1.54) is 0 Å². The van der Waals surface area contributed by atoms with Crippen LogP contribution in [0.4, 0.5) is 15.0 Å². The SMILES string of the molecule is CC(C)(C)OC(=O)N1[C@@H]2CC[C@H]1[C@@H]1COc3nc(Cl)cc4nc(OC[C@@]56CCCN5C[C@H](F)C6)nc(c34)N1C2. The molecular formula is C27H34ClFN6O4. The molecule has 7 rings (SSSR count). The van der Waals surface area contributed by atoms with Crippen LogP contribution in [0.3, 0.4) is 0 Å². The lowest BCUT2D eigenvalue weighted by Gasteiger charge is -2.46. The highest BCUT2D eigenvalue weighted by Crippen LogP contribution is 2.44. The predicted molar refractivity (Wildman–Crippen MR) is 142 cm³/mol. The lowest BCUT2D eigenvalue weighted by Crippen LogP contribution is -2.63. The average molecular weight is 561 g/mol. The Bertz CT molecular complexity index is 1330. The Hall–Kier alpha value is -2.66. The topological polar surface area (TPSA) is 93.1 Å². The van der Waals surface area contributed by atoms with E-state index in [0.717, 1.165) is 32.2 Å². The van der Waals surface area contributed by atoms with Crippen LogP contribution < -0.4 is 14.4 Å². The van der Waals surface area contributed by atoms with Gasteiger partial charge in [-0.25, -0.2) is 14.2 Å². The van der Waals surface area contributed by atoms with Gasteiger partial charge in [0, 0.05) is 25.6 Å². The second-order valence-electron chi connectivity index (χ2n) is 12.6. The standard InChI is InChI=1S/C27H34ClFN6O4/c1-26(2,3)39-25(36)35-16-5-6-18(35)19-13-37-23-21-17(9-20(28)31-23)30-24(32-22(21)34(19)12-16)38-14-27-7-4-8-33(27)11-15(29)10-27/h9,15-16,18-19H,4-8,10-14H2,1-3H3/t15-,16-,18+,19+,27+/m1/s1. The number of rotatable bonds is 3. The lowest BCUT2D eigenvalue weighted by atomic mass is 9.95. The maximum Gasteiger partial charge on any atom is 0.410 e. The van der Waals surface area contributed by atoms with E-state index >= 15 is 0 Å². The zero-order valence-electron chi connectivity index (χ0n) is 22.5. The van der Waals surface area contributed by atoms with Gasteiger partial charge in [-0.3, -0.25) is 9.80 Å². The molecule has 0 aromatic carbocycles. The number of piperazine rings is 1. The molecule has 39 heavy (non-hydrogen) atoms. The third kappa shape index (κ3) is 4.23. The maximum atomic E-state index is 14.3. The van der Waals surface area contributed by atoms with Gasteiger partial charge in [-0.1, -0.05) is 11.6 Å². The molecular weight excluding hydrogens is 527 g/mol. The number of pyridine rings is 1. The number of anilines is 1. The van der Waals surface area contributed by atoms with Crippen molar-refractivity contribution in [2.24, 2.45) is 0 Å². The van der Waals surface area contributed by atoms with Gasteiger partial charge in [0.15, 0.2) is 0 Å². The van der Waals surface area contributed by atoms with E-state index in [4.69, 9.17) is 30.8 Å². The first-order chi connectivity index (χ1) is 18.6. The molecule has 1 amide bonds. The van der Waals surface area contributed by atoms with Gasteiger partial charge in [0.1, 0.15) is 41.3 Å². The molecule has 4 fully saturated rings. The summed E-state index contributed by atoms with van der Waals surface area (Å²) in [6.45, 7) is 8.23. The molecule has 2 bridgehead atoms. The van der Waals surface area contributed by atoms with Crippen LogP contribution in [0.2, 0.25) is 5.15 Å². The van der Waals surface area contributed by atoms with E-state index in [-0.39, 0.29) is 40.9 Å². The monoisotopic (exact) mass is 560 g/mol. The van der Waals surface area contributed by atoms with Crippen LogP contribution in [0, 0.1) is 0 Å². The Morgan fingerprint density at radius 2 is 2.08 bits per heavy atom.